The molecular weight excluding hydrogens is 440 g/mol. The van der Waals surface area contributed by atoms with E-state index in [9.17, 15) is 14.4 Å². The van der Waals surface area contributed by atoms with Crippen LogP contribution in [-0.2, 0) is 16.6 Å². The maximum Gasteiger partial charge on any atom is 0.412 e. The molecule has 1 aromatic heterocycles. The molecule has 0 spiro atoms. The molecule has 3 aromatic rings. The number of carboxylic acids is 1. The number of amides is 2. The number of rotatable bonds is 8. The van der Waals surface area contributed by atoms with Crippen LogP contribution in [0.1, 0.15) is 34.0 Å². The number of aryl methyl sites for hydroxylation is 1. The van der Waals surface area contributed by atoms with Crippen molar-refractivity contribution in [3.05, 3.63) is 71.4 Å². The smallest absolute Gasteiger partial charge is 0.412 e. The number of hydrogen-bond donors (Lipinski definition) is 4. The minimum Gasteiger partial charge on any atom is -0.480 e. The number of fused-ring (bicyclic) bond motifs is 3. The molecule has 4 rings (SSSR count). The minimum absolute atomic E-state index is 0.0399. The Morgan fingerprint density at radius 3 is 2.29 bits per heavy atom. The zero-order chi connectivity index (χ0) is 24.2. The van der Waals surface area contributed by atoms with Crippen molar-refractivity contribution in [2.75, 3.05) is 18.5 Å². The predicted molar refractivity (Wildman–Crippen MR) is 122 cm³/mol. The molecule has 0 bridgehead atoms. The number of ether oxygens (including phenoxy) is 1. The highest BCUT2D eigenvalue weighted by atomic mass is 16.5. The second-order valence-corrected chi connectivity index (χ2v) is 7.87. The number of aliphatic carboxylic acids is 1. The van der Waals surface area contributed by atoms with E-state index in [0.717, 1.165) is 22.3 Å². The SMILES string of the molecule is Cn1nc(NC(=O)OCC2c3ccccc3-c3ccccc32)cc1C(=O)N[C@H](CCO)C(=O)O. The van der Waals surface area contributed by atoms with E-state index in [2.05, 4.69) is 15.7 Å². The number of nitrogens with one attached hydrogen (secondary N) is 2. The van der Waals surface area contributed by atoms with Crippen LogP contribution in [0.4, 0.5) is 10.6 Å². The van der Waals surface area contributed by atoms with Gasteiger partial charge in [0.2, 0.25) is 0 Å². The zero-order valence-electron chi connectivity index (χ0n) is 18.4. The van der Waals surface area contributed by atoms with Crippen molar-refractivity contribution < 1.29 is 29.3 Å². The molecule has 0 saturated carbocycles. The number of hydrogen-bond acceptors (Lipinski definition) is 6. The van der Waals surface area contributed by atoms with E-state index in [1.165, 1.54) is 17.8 Å². The fourth-order valence-corrected chi connectivity index (χ4v) is 4.10. The number of aliphatic hydroxyl groups is 1. The maximum atomic E-state index is 12.4. The number of aromatic nitrogens is 2. The van der Waals surface area contributed by atoms with Gasteiger partial charge in [0.05, 0.1) is 0 Å². The minimum atomic E-state index is -1.26. The second kappa shape index (κ2) is 9.75. The summed E-state index contributed by atoms with van der Waals surface area (Å²) >= 11 is 0. The summed E-state index contributed by atoms with van der Waals surface area (Å²) in [6, 6.07) is 16.1. The van der Waals surface area contributed by atoms with Crippen molar-refractivity contribution in [3.63, 3.8) is 0 Å². The van der Waals surface area contributed by atoms with Crippen LogP contribution >= 0.6 is 0 Å². The molecule has 0 radical (unpaired) electrons. The Bertz CT molecular complexity index is 1190. The average Bonchev–Trinajstić information content (AvgIpc) is 3.34. The fourth-order valence-electron chi connectivity index (χ4n) is 4.10. The van der Waals surface area contributed by atoms with Crippen molar-refractivity contribution in [1.82, 2.24) is 15.1 Å². The van der Waals surface area contributed by atoms with Gasteiger partial charge in [0, 0.05) is 32.1 Å². The molecule has 1 aliphatic rings. The number of aliphatic hydroxyl groups excluding tert-OH is 1. The fraction of sp³-hybridized carbons (Fsp3) is 0.250. The van der Waals surface area contributed by atoms with Crippen LogP contribution in [0.5, 0.6) is 0 Å². The molecule has 34 heavy (non-hydrogen) atoms. The van der Waals surface area contributed by atoms with E-state index < -0.39 is 30.6 Å². The van der Waals surface area contributed by atoms with Gasteiger partial charge in [-0.25, -0.2) is 9.59 Å². The number of carbonyl (C=O) groups excluding carboxylic acids is 2. The van der Waals surface area contributed by atoms with Crippen LogP contribution in [-0.4, -0.2) is 57.2 Å². The molecule has 0 aliphatic heterocycles. The number of carboxylic acid groups (broad SMARTS) is 1. The highest BCUT2D eigenvalue weighted by molar-refractivity contribution is 5.96. The van der Waals surface area contributed by atoms with Crippen molar-refractivity contribution in [2.45, 2.75) is 18.4 Å². The third kappa shape index (κ3) is 4.62. The van der Waals surface area contributed by atoms with Gasteiger partial charge < -0.3 is 20.3 Å². The van der Waals surface area contributed by atoms with Crippen LogP contribution in [0.15, 0.2) is 54.6 Å². The average molecular weight is 464 g/mol. The van der Waals surface area contributed by atoms with Crippen molar-refractivity contribution >= 4 is 23.8 Å². The molecule has 0 fully saturated rings. The van der Waals surface area contributed by atoms with Crippen molar-refractivity contribution in [1.29, 1.82) is 0 Å². The molecule has 176 valence electrons. The molecule has 1 aliphatic carbocycles. The number of benzene rings is 2. The lowest BCUT2D eigenvalue weighted by molar-refractivity contribution is -0.139. The van der Waals surface area contributed by atoms with E-state index in [1.54, 1.807) is 0 Å². The lowest BCUT2D eigenvalue weighted by Crippen LogP contribution is -2.42. The first-order valence-electron chi connectivity index (χ1n) is 10.7. The van der Waals surface area contributed by atoms with Crippen molar-refractivity contribution in [3.8, 4) is 11.1 Å². The molecule has 0 unspecified atom stereocenters. The van der Waals surface area contributed by atoms with Crippen LogP contribution in [0.25, 0.3) is 11.1 Å². The van der Waals surface area contributed by atoms with Crippen LogP contribution in [0, 0.1) is 0 Å². The van der Waals surface area contributed by atoms with Crippen LogP contribution in [0.2, 0.25) is 0 Å². The first-order chi connectivity index (χ1) is 16.4. The summed E-state index contributed by atoms with van der Waals surface area (Å²) in [7, 11) is 1.49. The third-order valence-corrected chi connectivity index (χ3v) is 5.71. The molecule has 0 saturated heterocycles. The number of nitrogens with zero attached hydrogens (tertiary/aromatic N) is 2. The van der Waals surface area contributed by atoms with E-state index >= 15 is 0 Å². The van der Waals surface area contributed by atoms with E-state index in [-0.39, 0.29) is 30.5 Å². The largest absolute Gasteiger partial charge is 0.480 e. The normalized spacial score (nSPS) is 13.0. The van der Waals surface area contributed by atoms with Gasteiger partial charge in [0.15, 0.2) is 5.82 Å². The lowest BCUT2D eigenvalue weighted by Gasteiger charge is -2.14. The molecule has 10 nitrogen and oxygen atoms in total. The van der Waals surface area contributed by atoms with Gasteiger partial charge in [-0.2, -0.15) is 5.10 Å². The molecule has 1 atom stereocenters. The van der Waals surface area contributed by atoms with Crippen molar-refractivity contribution in [2.24, 2.45) is 7.05 Å². The molecule has 2 amide bonds. The summed E-state index contributed by atoms with van der Waals surface area (Å²) in [4.78, 5) is 36.1. The Kier molecular flexibility index (Phi) is 6.60. The van der Waals surface area contributed by atoms with Crippen LogP contribution < -0.4 is 10.6 Å². The Morgan fingerprint density at radius 1 is 1.09 bits per heavy atom. The Labute approximate surface area is 195 Å². The maximum absolute atomic E-state index is 12.4. The van der Waals surface area contributed by atoms with E-state index in [1.807, 2.05) is 48.5 Å². The van der Waals surface area contributed by atoms with Crippen LogP contribution in [0.3, 0.4) is 0 Å². The number of carbonyl (C=O) groups is 3. The second-order valence-electron chi connectivity index (χ2n) is 7.87. The highest BCUT2D eigenvalue weighted by Gasteiger charge is 2.29. The summed E-state index contributed by atoms with van der Waals surface area (Å²) in [6.45, 7) is -0.265. The predicted octanol–water partition coefficient (Wildman–Crippen LogP) is 2.35. The lowest BCUT2D eigenvalue weighted by atomic mass is 9.98. The topological polar surface area (TPSA) is 143 Å². The monoisotopic (exact) mass is 464 g/mol. The van der Waals surface area contributed by atoms with Gasteiger partial charge in [-0.05, 0) is 22.3 Å². The standard InChI is InChI=1S/C24H24N4O6/c1-28-20(22(30)25-19(10-11-29)23(31)32)12-21(27-28)26-24(33)34-13-18-16-8-4-2-6-14(16)15-7-3-5-9-17(15)18/h2-9,12,18-19,29H,10-11,13H2,1H3,(H,25,30)(H,31,32)(H,26,27,33)/t19-/m1/s1. The summed E-state index contributed by atoms with van der Waals surface area (Å²) in [6.07, 6.45) is -0.861. The number of anilines is 1. The first kappa shape index (κ1) is 23.0. The summed E-state index contributed by atoms with van der Waals surface area (Å²) in [5, 5.41) is 27.0. The first-order valence-corrected chi connectivity index (χ1v) is 10.7. The highest BCUT2D eigenvalue weighted by Crippen LogP contribution is 2.44. The van der Waals surface area contributed by atoms with Gasteiger partial charge in [0.25, 0.3) is 5.91 Å². The molecule has 2 aromatic carbocycles. The quantitative estimate of drug-likeness (QED) is 0.401. The van der Waals surface area contributed by atoms with Gasteiger partial charge in [-0.15, -0.1) is 0 Å². The molecular formula is C24H24N4O6. The molecule has 1 heterocycles. The Morgan fingerprint density at radius 2 is 1.71 bits per heavy atom. The van der Waals surface area contributed by atoms with E-state index in [4.69, 9.17) is 14.9 Å². The molecule has 4 N–H and O–H groups in total. The van der Waals surface area contributed by atoms with E-state index in [0.29, 0.717) is 0 Å². The molecule has 10 heteroatoms. The summed E-state index contributed by atoms with van der Waals surface area (Å²) < 4.78 is 6.69. The van der Waals surface area contributed by atoms with Gasteiger partial charge in [0.1, 0.15) is 18.3 Å². The Hall–Kier alpha value is -4.18. The van der Waals surface area contributed by atoms with Gasteiger partial charge >= 0.3 is 12.1 Å². The zero-order valence-corrected chi connectivity index (χ0v) is 18.4. The van der Waals surface area contributed by atoms with Gasteiger partial charge in [-0.1, -0.05) is 48.5 Å². The third-order valence-electron chi connectivity index (χ3n) is 5.71. The van der Waals surface area contributed by atoms with Gasteiger partial charge in [-0.3, -0.25) is 14.8 Å². The summed E-state index contributed by atoms with van der Waals surface area (Å²) in [5.41, 5.74) is 4.45. The Balaban J connectivity index is 1.40. The summed E-state index contributed by atoms with van der Waals surface area (Å²) in [5.74, 6) is -1.97.